The van der Waals surface area contributed by atoms with Crippen LogP contribution in [0.3, 0.4) is 0 Å². The first-order chi connectivity index (χ1) is 9.49. The van der Waals surface area contributed by atoms with Crippen LogP contribution in [0, 0.1) is 12.7 Å². The second-order valence-electron chi connectivity index (χ2n) is 5.33. The number of hydrogen-bond donors (Lipinski definition) is 1. The van der Waals surface area contributed by atoms with Gasteiger partial charge in [-0.3, -0.25) is 4.79 Å². The molecule has 5 heteroatoms. The minimum absolute atomic E-state index is 0.0902. The van der Waals surface area contributed by atoms with Gasteiger partial charge < -0.3 is 10.2 Å². The van der Waals surface area contributed by atoms with E-state index < -0.39 is 0 Å². The molecule has 0 aliphatic carbocycles. The Balaban J connectivity index is 2.05. The smallest absolute Gasteiger partial charge is 0.244 e. The average molecular weight is 343 g/mol. The van der Waals surface area contributed by atoms with Crippen LogP contribution >= 0.6 is 15.9 Å². The van der Waals surface area contributed by atoms with Crippen LogP contribution in [0.2, 0.25) is 0 Å². The molecule has 0 spiro atoms. The number of rotatable bonds is 3. The van der Waals surface area contributed by atoms with Gasteiger partial charge >= 0.3 is 0 Å². The molecular weight excluding hydrogens is 323 g/mol. The molecule has 110 valence electrons. The minimum Gasteiger partial charge on any atom is -0.374 e. The molecule has 1 atom stereocenters. The van der Waals surface area contributed by atoms with Gasteiger partial charge in [-0.05, 0) is 66.7 Å². The van der Waals surface area contributed by atoms with Gasteiger partial charge in [0.2, 0.25) is 5.91 Å². The van der Waals surface area contributed by atoms with E-state index in [4.69, 9.17) is 0 Å². The number of hydrogen-bond acceptors (Lipinski definition) is 2. The van der Waals surface area contributed by atoms with Gasteiger partial charge in [0.25, 0.3) is 0 Å². The summed E-state index contributed by atoms with van der Waals surface area (Å²) in [6.45, 7) is 5.39. The van der Waals surface area contributed by atoms with Gasteiger partial charge in [0.05, 0.1) is 4.47 Å². The molecule has 0 saturated carbocycles. The minimum atomic E-state index is -0.340. The number of anilines is 1. The predicted molar refractivity (Wildman–Crippen MR) is 82.4 cm³/mol. The van der Waals surface area contributed by atoms with E-state index in [9.17, 15) is 9.18 Å². The maximum absolute atomic E-state index is 13.6. The molecule has 1 heterocycles. The highest BCUT2D eigenvalue weighted by molar-refractivity contribution is 9.10. The van der Waals surface area contributed by atoms with Gasteiger partial charge in [0.15, 0.2) is 0 Å². The molecule has 1 aliphatic rings. The van der Waals surface area contributed by atoms with Crippen molar-refractivity contribution in [2.24, 2.45) is 0 Å². The fraction of sp³-hybridized carbons (Fsp3) is 0.533. The maximum Gasteiger partial charge on any atom is 0.244 e. The number of amides is 1. The Labute approximate surface area is 127 Å². The molecule has 0 aromatic heterocycles. The summed E-state index contributed by atoms with van der Waals surface area (Å²) in [5.41, 5.74) is 1.58. The van der Waals surface area contributed by atoms with Crippen LogP contribution in [0.15, 0.2) is 16.6 Å². The van der Waals surface area contributed by atoms with Crippen molar-refractivity contribution in [1.29, 1.82) is 0 Å². The molecule has 1 aromatic carbocycles. The molecule has 3 nitrogen and oxygen atoms in total. The van der Waals surface area contributed by atoms with E-state index in [0.717, 1.165) is 31.5 Å². The van der Waals surface area contributed by atoms with Crippen LogP contribution in [-0.4, -0.2) is 29.9 Å². The molecule has 1 amide bonds. The van der Waals surface area contributed by atoms with E-state index in [1.165, 1.54) is 12.5 Å². The number of benzene rings is 1. The van der Waals surface area contributed by atoms with Crippen LogP contribution in [0.4, 0.5) is 10.1 Å². The van der Waals surface area contributed by atoms with Gasteiger partial charge in [0.1, 0.15) is 11.9 Å². The third-order valence-corrected chi connectivity index (χ3v) is 4.29. The van der Waals surface area contributed by atoms with E-state index >= 15 is 0 Å². The summed E-state index contributed by atoms with van der Waals surface area (Å²) < 4.78 is 14.0. The standard InChI is InChI=1S/C15H20BrFN2O/c1-10-8-12(16)13(17)9-14(10)18-11(2)15(20)19-6-4-3-5-7-19/h8-9,11,18H,3-7H2,1-2H3. The number of nitrogens with zero attached hydrogens (tertiary/aromatic N) is 1. The van der Waals surface area contributed by atoms with Crippen molar-refractivity contribution in [3.8, 4) is 0 Å². The fourth-order valence-corrected chi connectivity index (χ4v) is 2.94. The highest BCUT2D eigenvalue weighted by Gasteiger charge is 2.22. The van der Waals surface area contributed by atoms with Gasteiger partial charge in [-0.1, -0.05) is 0 Å². The molecule has 0 radical (unpaired) electrons. The molecule has 1 aromatic rings. The molecule has 1 unspecified atom stereocenters. The third-order valence-electron chi connectivity index (χ3n) is 3.68. The molecule has 1 N–H and O–H groups in total. The molecular formula is C15H20BrFN2O. The van der Waals surface area contributed by atoms with Crippen molar-refractivity contribution in [2.45, 2.75) is 39.2 Å². The lowest BCUT2D eigenvalue weighted by Crippen LogP contribution is -2.44. The summed E-state index contributed by atoms with van der Waals surface area (Å²) in [5.74, 6) is -0.233. The van der Waals surface area contributed by atoms with Gasteiger partial charge in [0, 0.05) is 18.8 Å². The Hall–Kier alpha value is -1.10. The van der Waals surface area contributed by atoms with E-state index in [1.807, 2.05) is 18.7 Å². The number of halogens is 2. The number of carbonyl (C=O) groups is 1. The lowest BCUT2D eigenvalue weighted by Gasteiger charge is -2.30. The number of aryl methyl sites for hydroxylation is 1. The summed E-state index contributed by atoms with van der Waals surface area (Å²) in [4.78, 5) is 14.2. The normalized spacial score (nSPS) is 16.9. The first-order valence-electron chi connectivity index (χ1n) is 7.00. The van der Waals surface area contributed by atoms with Crippen molar-refractivity contribution in [1.82, 2.24) is 4.90 Å². The summed E-state index contributed by atoms with van der Waals surface area (Å²) in [7, 11) is 0. The monoisotopic (exact) mass is 342 g/mol. The van der Waals surface area contributed by atoms with E-state index in [2.05, 4.69) is 21.2 Å². The van der Waals surface area contributed by atoms with Crippen molar-refractivity contribution in [2.75, 3.05) is 18.4 Å². The maximum atomic E-state index is 13.6. The Bertz CT molecular complexity index is 501. The lowest BCUT2D eigenvalue weighted by molar-refractivity contribution is -0.132. The topological polar surface area (TPSA) is 32.3 Å². The second-order valence-corrected chi connectivity index (χ2v) is 6.19. The van der Waals surface area contributed by atoms with E-state index in [-0.39, 0.29) is 17.8 Å². The Morgan fingerprint density at radius 3 is 2.65 bits per heavy atom. The zero-order chi connectivity index (χ0) is 14.7. The van der Waals surface area contributed by atoms with Crippen LogP contribution < -0.4 is 5.32 Å². The van der Waals surface area contributed by atoms with E-state index in [1.54, 1.807) is 6.07 Å². The number of piperidine rings is 1. The van der Waals surface area contributed by atoms with Gasteiger partial charge in [-0.15, -0.1) is 0 Å². The summed E-state index contributed by atoms with van der Waals surface area (Å²) in [5, 5.41) is 3.12. The summed E-state index contributed by atoms with van der Waals surface area (Å²) >= 11 is 3.16. The fourth-order valence-electron chi connectivity index (χ4n) is 2.48. The van der Waals surface area contributed by atoms with Crippen molar-refractivity contribution >= 4 is 27.5 Å². The first-order valence-corrected chi connectivity index (χ1v) is 7.79. The summed E-state index contributed by atoms with van der Waals surface area (Å²) in [6, 6.07) is 2.81. The number of nitrogens with one attached hydrogen (secondary N) is 1. The Morgan fingerprint density at radius 1 is 1.35 bits per heavy atom. The molecule has 2 rings (SSSR count). The SMILES string of the molecule is Cc1cc(Br)c(F)cc1NC(C)C(=O)N1CCCCC1. The first kappa shape index (κ1) is 15.3. The highest BCUT2D eigenvalue weighted by Crippen LogP contribution is 2.24. The largest absolute Gasteiger partial charge is 0.374 e. The average Bonchev–Trinajstić information content (AvgIpc) is 2.44. The zero-order valence-electron chi connectivity index (χ0n) is 11.9. The zero-order valence-corrected chi connectivity index (χ0v) is 13.5. The Kier molecular flexibility index (Phi) is 5.02. The van der Waals surface area contributed by atoms with Crippen molar-refractivity contribution in [3.05, 3.63) is 28.0 Å². The number of likely N-dealkylation sites (tertiary alicyclic amines) is 1. The van der Waals surface area contributed by atoms with Gasteiger partial charge in [-0.25, -0.2) is 4.39 Å². The van der Waals surface area contributed by atoms with Crippen LogP contribution in [-0.2, 0) is 4.79 Å². The molecule has 20 heavy (non-hydrogen) atoms. The third kappa shape index (κ3) is 3.51. The Morgan fingerprint density at radius 2 is 2.00 bits per heavy atom. The van der Waals surface area contributed by atoms with Crippen LogP contribution in [0.25, 0.3) is 0 Å². The van der Waals surface area contributed by atoms with Crippen molar-refractivity contribution in [3.63, 3.8) is 0 Å². The summed E-state index contributed by atoms with van der Waals surface area (Å²) in [6.07, 6.45) is 3.34. The predicted octanol–water partition coefficient (Wildman–Crippen LogP) is 3.71. The van der Waals surface area contributed by atoms with Crippen LogP contribution in [0.5, 0.6) is 0 Å². The molecule has 0 bridgehead atoms. The number of carbonyl (C=O) groups excluding carboxylic acids is 1. The molecule has 1 saturated heterocycles. The van der Waals surface area contributed by atoms with E-state index in [0.29, 0.717) is 10.2 Å². The highest BCUT2D eigenvalue weighted by atomic mass is 79.9. The van der Waals surface area contributed by atoms with Crippen LogP contribution in [0.1, 0.15) is 31.7 Å². The van der Waals surface area contributed by atoms with Crippen molar-refractivity contribution < 1.29 is 9.18 Å². The quantitative estimate of drug-likeness (QED) is 0.907. The second kappa shape index (κ2) is 6.57. The molecule has 1 aliphatic heterocycles. The lowest BCUT2D eigenvalue weighted by atomic mass is 10.1. The molecule has 1 fully saturated rings. The van der Waals surface area contributed by atoms with Gasteiger partial charge in [-0.2, -0.15) is 0 Å².